The van der Waals surface area contributed by atoms with E-state index in [4.69, 9.17) is 5.41 Å². The van der Waals surface area contributed by atoms with Crippen LogP contribution in [0.1, 0.15) is 0 Å². The van der Waals surface area contributed by atoms with Gasteiger partial charge in [0.2, 0.25) is 0 Å². The fourth-order valence-corrected chi connectivity index (χ4v) is 1.19. The van der Waals surface area contributed by atoms with Crippen molar-refractivity contribution >= 4 is 35.3 Å². The van der Waals surface area contributed by atoms with Gasteiger partial charge in [-0.15, -0.1) is 41.9 Å². The lowest BCUT2D eigenvalue weighted by atomic mass is 10.6. The van der Waals surface area contributed by atoms with Crippen LogP contribution < -0.4 is 4.80 Å². The lowest BCUT2D eigenvalue weighted by Crippen LogP contribution is -2.09. The molecule has 0 atom stereocenters. The van der Waals surface area contributed by atoms with Gasteiger partial charge in [-0.05, 0) is 0 Å². The van der Waals surface area contributed by atoms with Crippen molar-refractivity contribution in [1.82, 2.24) is 4.57 Å². The van der Waals surface area contributed by atoms with Crippen LogP contribution in [0.2, 0.25) is 0 Å². The molecule has 0 aliphatic carbocycles. The molecule has 2 nitrogen and oxygen atoms in total. The third-order valence-corrected chi connectivity index (χ3v) is 1.72. The Hall–Kier alpha value is -0.100. The van der Waals surface area contributed by atoms with Crippen LogP contribution in [0.25, 0.3) is 0 Å². The van der Waals surface area contributed by atoms with Crippen LogP contribution in [0, 0.1) is 5.41 Å². The lowest BCUT2D eigenvalue weighted by molar-refractivity contribution is 0.780. The predicted molar refractivity (Wildman–Crippen MR) is 53.8 cm³/mol. The minimum absolute atomic E-state index is 0. The number of halogens is 1. The maximum Gasteiger partial charge on any atom is 0.182 e. The largest absolute Gasteiger partial charge is 0.320 e. The Morgan fingerprint density at radius 2 is 2.50 bits per heavy atom. The first-order valence-corrected chi connectivity index (χ1v) is 3.52. The van der Waals surface area contributed by atoms with Crippen molar-refractivity contribution in [3.05, 3.63) is 29.0 Å². The van der Waals surface area contributed by atoms with E-state index in [9.17, 15) is 0 Å². The molecule has 1 N–H and O–H groups in total. The van der Waals surface area contributed by atoms with Gasteiger partial charge < -0.3 is 4.57 Å². The SMILES string of the molecule is C=CCn1ccsc1=N.I. The summed E-state index contributed by atoms with van der Waals surface area (Å²) in [6.45, 7) is 4.32. The first-order valence-electron chi connectivity index (χ1n) is 2.64. The Bertz CT molecular complexity index is 250. The molecule has 1 rings (SSSR count). The molecule has 0 spiro atoms. The molecule has 0 aliphatic rings. The van der Waals surface area contributed by atoms with Crippen molar-refractivity contribution in [3.8, 4) is 0 Å². The molecule has 0 amide bonds. The summed E-state index contributed by atoms with van der Waals surface area (Å²) in [6, 6.07) is 0. The molecule has 0 bridgehead atoms. The number of hydrogen-bond acceptors (Lipinski definition) is 2. The van der Waals surface area contributed by atoms with Crippen LogP contribution >= 0.6 is 35.3 Å². The topological polar surface area (TPSA) is 28.8 Å². The van der Waals surface area contributed by atoms with Crippen molar-refractivity contribution in [2.75, 3.05) is 0 Å². The van der Waals surface area contributed by atoms with Crippen LogP contribution in [0.5, 0.6) is 0 Å². The number of nitrogens with zero attached hydrogens (tertiary/aromatic N) is 1. The van der Waals surface area contributed by atoms with Gasteiger partial charge in [-0.3, -0.25) is 5.41 Å². The highest BCUT2D eigenvalue weighted by molar-refractivity contribution is 14.0. The Morgan fingerprint density at radius 1 is 1.80 bits per heavy atom. The monoisotopic (exact) mass is 268 g/mol. The van der Waals surface area contributed by atoms with Gasteiger partial charge in [0.1, 0.15) is 0 Å². The molecule has 0 saturated carbocycles. The summed E-state index contributed by atoms with van der Waals surface area (Å²) in [5, 5.41) is 9.18. The summed E-state index contributed by atoms with van der Waals surface area (Å²) in [5.41, 5.74) is 0. The van der Waals surface area contributed by atoms with Crippen LogP contribution in [0.3, 0.4) is 0 Å². The molecule has 0 radical (unpaired) electrons. The number of thiazole rings is 1. The smallest absolute Gasteiger partial charge is 0.182 e. The normalized spacial score (nSPS) is 8.40. The maximum absolute atomic E-state index is 7.29. The van der Waals surface area contributed by atoms with Crippen LogP contribution in [0.4, 0.5) is 0 Å². The van der Waals surface area contributed by atoms with Gasteiger partial charge in [0.15, 0.2) is 4.80 Å². The minimum Gasteiger partial charge on any atom is -0.320 e. The van der Waals surface area contributed by atoms with E-state index in [0.29, 0.717) is 4.80 Å². The number of rotatable bonds is 2. The van der Waals surface area contributed by atoms with Gasteiger partial charge in [0.05, 0.1) is 0 Å². The van der Waals surface area contributed by atoms with E-state index in [1.165, 1.54) is 11.3 Å². The van der Waals surface area contributed by atoms with Crippen molar-refractivity contribution in [2.45, 2.75) is 6.54 Å². The minimum atomic E-state index is 0. The van der Waals surface area contributed by atoms with Crippen LogP contribution in [-0.4, -0.2) is 4.57 Å². The van der Waals surface area contributed by atoms with E-state index in [1.807, 2.05) is 16.1 Å². The highest BCUT2D eigenvalue weighted by Crippen LogP contribution is 1.87. The van der Waals surface area contributed by atoms with Crippen molar-refractivity contribution < 1.29 is 0 Å². The second kappa shape index (κ2) is 4.68. The fourth-order valence-electron chi connectivity index (χ4n) is 0.587. The Morgan fingerprint density at radius 3 is 2.90 bits per heavy atom. The number of allylic oxidation sites excluding steroid dienone is 1. The summed E-state index contributed by atoms with van der Waals surface area (Å²) in [5.74, 6) is 0. The van der Waals surface area contributed by atoms with Crippen LogP contribution in [0.15, 0.2) is 24.2 Å². The molecule has 56 valence electrons. The molecular formula is C6H9IN2S. The summed E-state index contributed by atoms with van der Waals surface area (Å²) in [4.78, 5) is 0.579. The van der Waals surface area contributed by atoms with E-state index in [0.717, 1.165) is 6.54 Å². The van der Waals surface area contributed by atoms with Gasteiger partial charge in [-0.2, -0.15) is 0 Å². The highest BCUT2D eigenvalue weighted by Gasteiger charge is 1.86. The zero-order valence-corrected chi connectivity index (χ0v) is 8.56. The summed E-state index contributed by atoms with van der Waals surface area (Å²) < 4.78 is 1.83. The lowest BCUT2D eigenvalue weighted by Gasteiger charge is -1.91. The summed E-state index contributed by atoms with van der Waals surface area (Å²) >= 11 is 1.43. The van der Waals surface area contributed by atoms with Gasteiger partial charge in [0.25, 0.3) is 0 Å². The summed E-state index contributed by atoms with van der Waals surface area (Å²) in [7, 11) is 0. The second-order valence-electron chi connectivity index (χ2n) is 1.65. The molecule has 1 heterocycles. The third-order valence-electron chi connectivity index (χ3n) is 1.01. The number of hydrogen-bond donors (Lipinski definition) is 1. The first-order chi connectivity index (χ1) is 4.34. The van der Waals surface area contributed by atoms with E-state index >= 15 is 0 Å². The molecule has 1 aromatic heterocycles. The van der Waals surface area contributed by atoms with E-state index < -0.39 is 0 Å². The van der Waals surface area contributed by atoms with Crippen molar-refractivity contribution in [2.24, 2.45) is 0 Å². The van der Waals surface area contributed by atoms with Crippen LogP contribution in [-0.2, 0) is 6.54 Å². The molecule has 0 unspecified atom stereocenters. The van der Waals surface area contributed by atoms with Crippen molar-refractivity contribution in [3.63, 3.8) is 0 Å². The Kier molecular flexibility index (Phi) is 4.63. The average molecular weight is 268 g/mol. The maximum atomic E-state index is 7.29. The fraction of sp³-hybridized carbons (Fsp3) is 0.167. The number of aromatic nitrogens is 1. The van der Waals surface area contributed by atoms with Gasteiger partial charge >= 0.3 is 0 Å². The van der Waals surface area contributed by atoms with E-state index in [-0.39, 0.29) is 24.0 Å². The molecular weight excluding hydrogens is 259 g/mol. The molecule has 4 heteroatoms. The summed E-state index contributed by atoms with van der Waals surface area (Å²) in [6.07, 6.45) is 3.67. The Labute approximate surface area is 80.7 Å². The van der Waals surface area contributed by atoms with Gasteiger partial charge in [0, 0.05) is 18.1 Å². The predicted octanol–water partition coefficient (Wildman–Crippen LogP) is 1.83. The molecule has 1 aromatic rings. The quantitative estimate of drug-likeness (QED) is 0.626. The first kappa shape index (κ1) is 9.90. The standard InChI is InChI=1S/C6H8N2S.HI/c1-2-3-8-4-5-9-6(8)7;/h2,4-5,7H,1,3H2;1H. The molecule has 0 saturated heterocycles. The zero-order chi connectivity index (χ0) is 6.69. The highest BCUT2D eigenvalue weighted by atomic mass is 127. The second-order valence-corrected chi connectivity index (χ2v) is 2.54. The van der Waals surface area contributed by atoms with E-state index in [2.05, 4.69) is 6.58 Å². The van der Waals surface area contributed by atoms with E-state index in [1.54, 1.807) is 6.08 Å². The molecule has 0 fully saturated rings. The third kappa shape index (κ3) is 2.26. The van der Waals surface area contributed by atoms with Crippen molar-refractivity contribution in [1.29, 1.82) is 5.41 Å². The molecule has 0 aromatic carbocycles. The molecule has 10 heavy (non-hydrogen) atoms. The van der Waals surface area contributed by atoms with Gasteiger partial charge in [-0.25, -0.2) is 0 Å². The zero-order valence-electron chi connectivity index (χ0n) is 5.41. The Balaban J connectivity index is 0.000000810. The molecule has 0 aliphatic heterocycles. The number of nitrogens with one attached hydrogen (secondary N) is 1. The average Bonchev–Trinajstić information content (AvgIpc) is 2.18. The van der Waals surface area contributed by atoms with Gasteiger partial charge in [-0.1, -0.05) is 6.08 Å².